The number of hydrogen-bond acceptors (Lipinski definition) is 19. The summed E-state index contributed by atoms with van der Waals surface area (Å²) in [6, 6.07) is -11.2. The topological polar surface area (TPSA) is 468 Å². The Morgan fingerprint density at radius 2 is 1.04 bits per heavy atom. The van der Waals surface area contributed by atoms with Gasteiger partial charge in [-0.25, -0.2) is 0 Å². The molecule has 1 aliphatic heterocycles. The average Bonchev–Trinajstić information content (AvgIpc) is 3.46. The molecule has 13 amide bonds. The van der Waals surface area contributed by atoms with Crippen molar-refractivity contribution in [2.45, 2.75) is 168 Å². The maximum atomic E-state index is 14.0. The van der Waals surface area contributed by atoms with E-state index in [2.05, 4.69) is 53.2 Å². The minimum atomic E-state index is -1.81. The molecule has 1 heterocycles. The van der Waals surface area contributed by atoms with E-state index in [1.807, 2.05) is 6.92 Å². The molecule has 1 rings (SSSR count). The minimum absolute atomic E-state index is 0.0815. The molecule has 0 saturated carbocycles. The molecule has 32 heteroatoms. The number of aliphatic hydroxyl groups excluding tert-OH is 1. The number of hydroxylamine groups is 6. The Morgan fingerprint density at radius 3 is 1.54 bits per heavy atom. The lowest BCUT2D eigenvalue weighted by Gasteiger charge is -2.28. The van der Waals surface area contributed by atoms with Gasteiger partial charge in [0.1, 0.15) is 55.4 Å². The van der Waals surface area contributed by atoms with Gasteiger partial charge in [0.05, 0.1) is 19.7 Å². The van der Waals surface area contributed by atoms with Gasteiger partial charge in [-0.05, 0) is 64.2 Å². The zero-order valence-electron chi connectivity index (χ0n) is 48.1. The van der Waals surface area contributed by atoms with E-state index in [9.17, 15) is 87.9 Å². The third-order valence-electron chi connectivity index (χ3n) is 12.4. The number of ether oxygens (including phenoxy) is 1. The molecular formula is C51H82N13O19-3. The summed E-state index contributed by atoms with van der Waals surface area (Å²) in [5.74, 6) is -14.7. The number of nitrogens with zero attached hydrogens (tertiary/aromatic N) is 3. The molecule has 0 spiro atoms. The van der Waals surface area contributed by atoms with Crippen molar-refractivity contribution in [2.75, 3.05) is 52.5 Å². The molecule has 0 aromatic heterocycles. The molecule has 32 nitrogen and oxygen atoms in total. The molecule has 0 bridgehead atoms. The molecule has 1 saturated heterocycles. The molecule has 7 unspecified atom stereocenters. The van der Waals surface area contributed by atoms with Crippen molar-refractivity contribution in [3.8, 4) is 0 Å². The summed E-state index contributed by atoms with van der Waals surface area (Å²) in [4.78, 5) is 183. The van der Waals surface area contributed by atoms with Crippen LogP contribution in [0.1, 0.15) is 126 Å². The standard InChI is InChI=1S/C51H82N13O19/c1-8-9-10-11-12-13-14-21-40(69)57-39-29-83-43(72)27-54-46(74)35(18-15-22-62(80)32(5)66)56-41(70)25-52-45(73)31(4)55-48(76)37(20-17-24-64(82)34(7)68)59-49(77)38(28-65)60-51(79)44(30(2)3)61-42(71)26-53-47(75)36(58-50(39)78)19-16-23-63(81)33(6)67/h13-14,30-31,35-39,44,65H,8-12,15-29H2,1-7H3,(H,52,73)(H,53,75)(H,54,74)(H,55,76)(H,56,70)(H,57,69)(H,58,78)(H,59,77)(H,60,79)(H,61,71)/q-3/b14-13+. The van der Waals surface area contributed by atoms with E-state index in [1.165, 1.54) is 20.8 Å². The molecule has 11 N–H and O–H groups in total. The summed E-state index contributed by atoms with van der Waals surface area (Å²) < 4.78 is 5.27. The number of rotatable bonds is 22. The number of amides is 13. The SMILES string of the molecule is CCCCCC/C=C/CC(=O)NC1COC(=O)CNC(=O)C(CCCN([O-])C(C)=O)NC(=O)CNC(=O)C(C)NC(=O)C(CCCN([O-])C(C)=O)NC(=O)C(CO)NC(=O)C(C(C)C)NC(=O)CNC(=O)C(CCCN([O-])C(C)=O)NC1=O. The van der Waals surface area contributed by atoms with Crippen LogP contribution in [-0.4, -0.2) is 198 Å². The van der Waals surface area contributed by atoms with Gasteiger partial charge in [-0.1, -0.05) is 52.2 Å². The van der Waals surface area contributed by atoms with E-state index < -0.39 is 183 Å². The number of aliphatic hydroxyl groups is 1. The zero-order valence-corrected chi connectivity index (χ0v) is 48.1. The quantitative estimate of drug-likeness (QED) is 0.0215. The van der Waals surface area contributed by atoms with Crippen molar-refractivity contribution in [3.05, 3.63) is 27.8 Å². The van der Waals surface area contributed by atoms with Crippen molar-refractivity contribution in [1.29, 1.82) is 0 Å². The molecule has 1 fully saturated rings. The molecule has 0 aromatic carbocycles. The van der Waals surface area contributed by atoms with E-state index in [4.69, 9.17) is 4.74 Å². The second-order valence-electron chi connectivity index (χ2n) is 19.8. The van der Waals surface area contributed by atoms with Crippen LogP contribution in [0, 0.1) is 21.5 Å². The highest BCUT2D eigenvalue weighted by Gasteiger charge is 2.33. The number of carbonyl (C=O) groups excluding carboxylic acids is 14. The molecule has 7 atom stereocenters. The lowest BCUT2D eigenvalue weighted by molar-refractivity contribution is -0.147. The van der Waals surface area contributed by atoms with Crippen LogP contribution in [0.3, 0.4) is 0 Å². The van der Waals surface area contributed by atoms with Crippen LogP contribution in [0.25, 0.3) is 0 Å². The van der Waals surface area contributed by atoms with Gasteiger partial charge in [0.25, 0.3) is 0 Å². The van der Waals surface area contributed by atoms with Crippen molar-refractivity contribution in [3.63, 3.8) is 0 Å². The van der Waals surface area contributed by atoms with Crippen molar-refractivity contribution in [1.82, 2.24) is 68.4 Å². The van der Waals surface area contributed by atoms with Gasteiger partial charge in [0, 0.05) is 46.8 Å². The van der Waals surface area contributed by atoms with Gasteiger partial charge < -0.3 is 93.8 Å². The van der Waals surface area contributed by atoms with Crippen LogP contribution in [0.15, 0.2) is 12.2 Å². The molecular weight excluding hydrogens is 1100 g/mol. The van der Waals surface area contributed by atoms with Gasteiger partial charge in [-0.2, -0.15) is 0 Å². The van der Waals surface area contributed by atoms with Crippen LogP contribution in [0.4, 0.5) is 0 Å². The first-order valence-corrected chi connectivity index (χ1v) is 27.3. The van der Waals surface area contributed by atoms with Crippen molar-refractivity contribution in [2.24, 2.45) is 5.92 Å². The Morgan fingerprint density at radius 1 is 0.578 bits per heavy atom. The van der Waals surface area contributed by atoms with E-state index in [0.29, 0.717) is 6.42 Å². The van der Waals surface area contributed by atoms with E-state index >= 15 is 0 Å². The van der Waals surface area contributed by atoms with Gasteiger partial charge >= 0.3 is 5.97 Å². The second kappa shape index (κ2) is 39.6. The van der Waals surface area contributed by atoms with Gasteiger partial charge in [-0.15, -0.1) is 0 Å². The highest BCUT2D eigenvalue weighted by Crippen LogP contribution is 2.09. The number of esters is 1. The Hall–Kier alpha value is -7.84. The van der Waals surface area contributed by atoms with Gasteiger partial charge in [0.2, 0.25) is 76.8 Å². The van der Waals surface area contributed by atoms with Crippen molar-refractivity contribution < 1.29 is 77.0 Å². The Kier molecular flexibility index (Phi) is 34.9. The Balaban J connectivity index is 3.79. The lowest BCUT2D eigenvalue weighted by Crippen LogP contribution is -2.60. The predicted octanol–water partition coefficient (Wildman–Crippen LogP) is -3.75. The Bertz CT molecular complexity index is 2270. The summed E-state index contributed by atoms with van der Waals surface area (Å²) in [6.07, 6.45) is 5.97. The highest BCUT2D eigenvalue weighted by molar-refractivity contribution is 5.98. The fourth-order valence-electron chi connectivity index (χ4n) is 7.53. The van der Waals surface area contributed by atoms with Gasteiger partial charge in [0.15, 0.2) is 0 Å². The zero-order chi connectivity index (χ0) is 62.8. The number of carbonyl (C=O) groups is 14. The summed E-state index contributed by atoms with van der Waals surface area (Å²) in [7, 11) is 0. The van der Waals surface area contributed by atoms with Crippen LogP contribution < -0.4 is 53.2 Å². The van der Waals surface area contributed by atoms with Crippen LogP contribution in [0.5, 0.6) is 0 Å². The molecule has 0 radical (unpaired) electrons. The van der Waals surface area contributed by atoms with Gasteiger partial charge in [-0.3, -0.25) is 67.1 Å². The van der Waals surface area contributed by atoms with Crippen LogP contribution in [-0.2, 0) is 71.9 Å². The number of unbranched alkanes of at least 4 members (excludes halogenated alkanes) is 4. The maximum absolute atomic E-state index is 14.0. The van der Waals surface area contributed by atoms with E-state index in [0.717, 1.165) is 46.5 Å². The monoisotopic (exact) mass is 1180 g/mol. The minimum Gasteiger partial charge on any atom is -0.756 e. The largest absolute Gasteiger partial charge is 0.756 e. The number of nitrogens with one attached hydrogen (secondary N) is 10. The maximum Gasteiger partial charge on any atom is 0.325 e. The summed E-state index contributed by atoms with van der Waals surface area (Å²) in [5, 5.41) is 69.9. The Labute approximate surface area is 480 Å². The number of cyclic esters (lactones) is 1. The summed E-state index contributed by atoms with van der Waals surface area (Å²) >= 11 is 0. The third-order valence-corrected chi connectivity index (χ3v) is 12.4. The van der Waals surface area contributed by atoms with E-state index in [-0.39, 0.29) is 60.1 Å². The summed E-state index contributed by atoms with van der Waals surface area (Å²) in [6.45, 7) is 3.26. The fourth-order valence-corrected chi connectivity index (χ4v) is 7.53. The highest BCUT2D eigenvalue weighted by atomic mass is 16.5. The van der Waals surface area contributed by atoms with Crippen molar-refractivity contribution >= 4 is 82.8 Å². The first-order chi connectivity index (χ1) is 39.1. The summed E-state index contributed by atoms with van der Waals surface area (Å²) in [5.41, 5.74) is 0. The molecule has 0 aromatic rings. The fraction of sp³-hybridized carbons (Fsp3) is 0.686. The number of hydrogen-bond donors (Lipinski definition) is 11. The molecule has 468 valence electrons. The molecule has 1 aliphatic rings. The van der Waals surface area contributed by atoms with Crippen LogP contribution >= 0.6 is 0 Å². The second-order valence-corrected chi connectivity index (χ2v) is 19.8. The normalized spacial score (nSPS) is 21.9. The predicted molar refractivity (Wildman–Crippen MR) is 294 cm³/mol. The molecule has 83 heavy (non-hydrogen) atoms. The third kappa shape index (κ3) is 30.2. The first kappa shape index (κ1) is 73.2. The average molecular weight is 1180 g/mol. The van der Waals surface area contributed by atoms with Crippen LogP contribution in [0.2, 0.25) is 0 Å². The smallest absolute Gasteiger partial charge is 0.325 e. The lowest BCUT2D eigenvalue weighted by atomic mass is 10.0. The first-order valence-electron chi connectivity index (χ1n) is 27.3. The van der Waals surface area contributed by atoms with E-state index in [1.54, 1.807) is 12.2 Å². The molecule has 0 aliphatic carbocycles. The number of allylic oxidation sites excluding steroid dienone is 1.